The Bertz CT molecular complexity index is 578. The quantitative estimate of drug-likeness (QED) is 0.836. The van der Waals surface area contributed by atoms with Gasteiger partial charge in [0.2, 0.25) is 5.60 Å². The maximum atomic E-state index is 11.8. The first-order chi connectivity index (χ1) is 9.97. The smallest absolute Gasteiger partial charge is 0.351 e. The van der Waals surface area contributed by atoms with Gasteiger partial charge in [-0.3, -0.25) is 4.79 Å². The van der Waals surface area contributed by atoms with Gasteiger partial charge in [0.15, 0.2) is 0 Å². The van der Waals surface area contributed by atoms with E-state index in [1.165, 1.54) is 12.1 Å². The predicted molar refractivity (Wildman–Crippen MR) is 75.2 cm³/mol. The fraction of sp³-hybridized carbons (Fsp3) is 0.400. The van der Waals surface area contributed by atoms with Crippen molar-refractivity contribution < 1.29 is 24.6 Å². The number of carboxylic acid groups (broad SMARTS) is 1. The van der Waals surface area contributed by atoms with Crippen molar-refractivity contribution in [3.63, 3.8) is 0 Å². The van der Waals surface area contributed by atoms with Gasteiger partial charge < -0.3 is 15.1 Å². The lowest BCUT2D eigenvalue weighted by molar-refractivity contribution is -0.165. The summed E-state index contributed by atoms with van der Waals surface area (Å²) in [4.78, 5) is 28.4. The summed E-state index contributed by atoms with van der Waals surface area (Å²) in [7, 11) is 0. The number of benzene rings is 1. The number of Topliss-reactive ketones (excluding diaryl/α,β-unsaturated/α-hetero) is 1. The van der Waals surface area contributed by atoms with Gasteiger partial charge in [0.05, 0.1) is 12.1 Å². The zero-order valence-electron chi connectivity index (χ0n) is 11.7. The summed E-state index contributed by atoms with van der Waals surface area (Å²) in [6, 6.07) is 6.23. The molecule has 1 heterocycles. The minimum atomic E-state index is -1.61. The van der Waals surface area contributed by atoms with Crippen molar-refractivity contribution in [3.8, 4) is 5.75 Å². The van der Waals surface area contributed by atoms with Crippen molar-refractivity contribution in [1.29, 1.82) is 0 Å². The van der Waals surface area contributed by atoms with Crippen molar-refractivity contribution in [2.45, 2.75) is 38.2 Å². The topological polar surface area (TPSA) is 96.2 Å². The summed E-state index contributed by atoms with van der Waals surface area (Å²) >= 11 is 0. The fourth-order valence-corrected chi connectivity index (χ4v) is 2.26. The third-order valence-electron chi connectivity index (χ3n) is 3.39. The average molecular weight is 291 g/mol. The molecule has 0 amide bonds. The van der Waals surface area contributed by atoms with E-state index in [-0.39, 0.29) is 24.4 Å². The Labute approximate surface area is 122 Å². The number of carboxylic acids is 1. The molecule has 0 spiro atoms. The first-order valence-corrected chi connectivity index (χ1v) is 6.76. The van der Waals surface area contributed by atoms with Crippen LogP contribution in [0.25, 0.3) is 0 Å². The number of oxime groups is 1. The van der Waals surface area contributed by atoms with Crippen molar-refractivity contribution in [3.05, 3.63) is 29.8 Å². The maximum Gasteiger partial charge on any atom is 0.351 e. The molecule has 2 N–H and O–H groups in total. The largest absolute Gasteiger partial charge is 0.508 e. The molecule has 0 fully saturated rings. The highest BCUT2D eigenvalue weighted by molar-refractivity contribution is 6.05. The molecule has 21 heavy (non-hydrogen) atoms. The molecule has 0 saturated heterocycles. The molecule has 6 nitrogen and oxygen atoms in total. The van der Waals surface area contributed by atoms with E-state index >= 15 is 0 Å². The Morgan fingerprint density at radius 3 is 2.57 bits per heavy atom. The van der Waals surface area contributed by atoms with Crippen LogP contribution in [0.15, 0.2) is 29.4 Å². The molecular weight excluding hydrogens is 274 g/mol. The molecule has 0 aliphatic carbocycles. The highest BCUT2D eigenvalue weighted by atomic mass is 16.7. The van der Waals surface area contributed by atoms with Crippen molar-refractivity contribution in [2.75, 3.05) is 0 Å². The summed E-state index contributed by atoms with van der Waals surface area (Å²) in [5, 5.41) is 22.5. The first-order valence-electron chi connectivity index (χ1n) is 6.76. The monoisotopic (exact) mass is 291 g/mol. The number of carbonyl (C=O) groups excluding carboxylic acids is 1. The molecule has 0 saturated carbocycles. The van der Waals surface area contributed by atoms with Crippen molar-refractivity contribution in [1.82, 2.24) is 0 Å². The third kappa shape index (κ3) is 3.21. The van der Waals surface area contributed by atoms with Gasteiger partial charge in [-0.25, -0.2) is 4.79 Å². The summed E-state index contributed by atoms with van der Waals surface area (Å²) in [5.41, 5.74) is -0.486. The van der Waals surface area contributed by atoms with Crippen LogP contribution in [-0.2, 0) is 14.4 Å². The SMILES string of the molecule is CCCC(=O)CC1(C(=O)O)CC(c2ccc(O)cc2)=NO1. The predicted octanol–water partition coefficient (Wildman–Crippen LogP) is 2.10. The fourth-order valence-electron chi connectivity index (χ4n) is 2.26. The highest BCUT2D eigenvalue weighted by Gasteiger charge is 2.48. The van der Waals surface area contributed by atoms with E-state index in [4.69, 9.17) is 4.84 Å². The number of hydrogen-bond acceptors (Lipinski definition) is 5. The van der Waals surface area contributed by atoms with E-state index in [0.29, 0.717) is 24.1 Å². The lowest BCUT2D eigenvalue weighted by atomic mass is 9.88. The lowest BCUT2D eigenvalue weighted by Gasteiger charge is -2.20. The second-order valence-electron chi connectivity index (χ2n) is 5.12. The molecular formula is C15H17NO5. The van der Waals surface area contributed by atoms with Crippen molar-refractivity contribution >= 4 is 17.5 Å². The third-order valence-corrected chi connectivity index (χ3v) is 3.39. The number of phenolic OH excluding ortho intramolecular Hbond substituents is 1. The molecule has 1 unspecified atom stereocenters. The van der Waals surface area contributed by atoms with Crippen LogP contribution in [0.3, 0.4) is 0 Å². The molecule has 1 atom stereocenters. The summed E-state index contributed by atoms with van der Waals surface area (Å²) in [6.07, 6.45) is 0.830. The van der Waals surface area contributed by atoms with E-state index in [2.05, 4.69) is 5.16 Å². The van der Waals surface area contributed by atoms with Gasteiger partial charge in [0.25, 0.3) is 0 Å². The zero-order chi connectivity index (χ0) is 15.5. The average Bonchev–Trinajstić information content (AvgIpc) is 2.85. The molecule has 2 rings (SSSR count). The second-order valence-corrected chi connectivity index (χ2v) is 5.12. The summed E-state index contributed by atoms with van der Waals surface area (Å²) in [5.74, 6) is -1.23. The second kappa shape index (κ2) is 5.95. The molecule has 112 valence electrons. The van der Waals surface area contributed by atoms with E-state index in [1.54, 1.807) is 12.1 Å². The van der Waals surface area contributed by atoms with E-state index in [1.807, 2.05) is 6.92 Å². The van der Waals surface area contributed by atoms with Crippen LogP contribution in [0.1, 0.15) is 38.2 Å². The molecule has 0 radical (unpaired) electrons. The normalized spacial score (nSPS) is 20.7. The number of carbonyl (C=O) groups is 2. The molecule has 1 aromatic carbocycles. The minimum Gasteiger partial charge on any atom is -0.508 e. The number of aromatic hydroxyl groups is 1. The van der Waals surface area contributed by atoms with Crippen LogP contribution in [0.4, 0.5) is 0 Å². The Morgan fingerprint density at radius 1 is 1.33 bits per heavy atom. The highest BCUT2D eigenvalue weighted by Crippen LogP contribution is 2.31. The Balaban J connectivity index is 2.16. The van der Waals surface area contributed by atoms with Crippen LogP contribution in [0, 0.1) is 0 Å². The molecule has 1 aliphatic rings. The van der Waals surface area contributed by atoms with E-state index < -0.39 is 11.6 Å². The maximum absolute atomic E-state index is 11.8. The van der Waals surface area contributed by atoms with Crippen LogP contribution in [0.5, 0.6) is 5.75 Å². The van der Waals surface area contributed by atoms with E-state index in [9.17, 15) is 19.8 Å². The molecule has 1 aromatic rings. The van der Waals surface area contributed by atoms with Gasteiger partial charge in [-0.2, -0.15) is 0 Å². The number of nitrogens with zero attached hydrogens (tertiary/aromatic N) is 1. The standard InChI is InChI=1S/C15H17NO5/c1-2-3-12(18)8-15(14(19)20)9-13(16-21-15)10-4-6-11(17)7-5-10/h4-7,17H,2-3,8-9H2,1H3,(H,19,20). The van der Waals surface area contributed by atoms with Crippen LogP contribution in [-0.4, -0.2) is 33.3 Å². The Hall–Kier alpha value is -2.37. The summed E-state index contributed by atoms with van der Waals surface area (Å²) < 4.78 is 0. The van der Waals surface area contributed by atoms with Gasteiger partial charge >= 0.3 is 5.97 Å². The van der Waals surface area contributed by atoms with Gasteiger partial charge in [0.1, 0.15) is 11.5 Å². The number of phenols is 1. The molecule has 1 aliphatic heterocycles. The first kappa shape index (κ1) is 15.0. The Morgan fingerprint density at radius 2 is 2.00 bits per heavy atom. The number of rotatable bonds is 6. The van der Waals surface area contributed by atoms with Gasteiger partial charge in [0, 0.05) is 12.8 Å². The van der Waals surface area contributed by atoms with Gasteiger partial charge in [-0.05, 0) is 36.2 Å². The molecule has 0 bridgehead atoms. The van der Waals surface area contributed by atoms with Crippen molar-refractivity contribution in [2.24, 2.45) is 5.16 Å². The van der Waals surface area contributed by atoms with Crippen LogP contribution in [0.2, 0.25) is 0 Å². The Kier molecular flexibility index (Phi) is 4.26. The zero-order valence-corrected chi connectivity index (χ0v) is 11.7. The summed E-state index contributed by atoms with van der Waals surface area (Å²) in [6.45, 7) is 1.86. The number of hydrogen-bond donors (Lipinski definition) is 2. The molecule has 0 aromatic heterocycles. The lowest BCUT2D eigenvalue weighted by Crippen LogP contribution is -2.41. The van der Waals surface area contributed by atoms with Gasteiger partial charge in [-0.15, -0.1) is 0 Å². The number of aliphatic carboxylic acids is 1. The van der Waals surface area contributed by atoms with Crippen LogP contribution < -0.4 is 0 Å². The van der Waals surface area contributed by atoms with Crippen LogP contribution >= 0.6 is 0 Å². The van der Waals surface area contributed by atoms with Gasteiger partial charge in [-0.1, -0.05) is 12.1 Å². The van der Waals surface area contributed by atoms with E-state index in [0.717, 1.165) is 0 Å². The molecule has 6 heteroatoms. The minimum absolute atomic E-state index is 0.0303. The number of ketones is 1.